The van der Waals surface area contributed by atoms with Crippen LogP contribution in [0.4, 0.5) is 0 Å². The molecule has 73 heavy (non-hydrogen) atoms. The number of amides is 1. The van der Waals surface area contributed by atoms with E-state index < -0.39 is 49.5 Å². The number of carbonyl (C=O) groups is 1. The lowest BCUT2D eigenvalue weighted by Crippen LogP contribution is -2.60. The predicted molar refractivity (Wildman–Crippen MR) is 309 cm³/mol. The maximum Gasteiger partial charge on any atom is 0.220 e. The van der Waals surface area contributed by atoms with Gasteiger partial charge in [0.1, 0.15) is 24.4 Å². The first-order valence-electron chi connectivity index (χ1n) is 31.7. The van der Waals surface area contributed by atoms with Crippen LogP contribution >= 0.6 is 0 Å². The van der Waals surface area contributed by atoms with Crippen molar-refractivity contribution in [2.24, 2.45) is 0 Å². The van der Waals surface area contributed by atoms with Gasteiger partial charge in [-0.1, -0.05) is 288 Å². The SMILES string of the molecule is CCCCCCC/C=C\C/C=C\CCCCCCCCCCCCCCCCCCCC(=O)NC(COC1OC(CO)C(O)C(O)C1O)C(O)/C=C/CCCCCCCCCCCCCCCCCCCCC. The zero-order chi connectivity index (χ0) is 52.9. The summed E-state index contributed by atoms with van der Waals surface area (Å²) in [7, 11) is 0. The second-order valence-corrected chi connectivity index (χ2v) is 22.2. The Hall–Kier alpha value is -1.59. The van der Waals surface area contributed by atoms with Crippen molar-refractivity contribution in [1.29, 1.82) is 0 Å². The van der Waals surface area contributed by atoms with Crippen molar-refractivity contribution in [3.05, 3.63) is 36.5 Å². The summed E-state index contributed by atoms with van der Waals surface area (Å²) in [5.74, 6) is -0.172. The fraction of sp³-hybridized carbons (Fsp3) is 0.891. The summed E-state index contributed by atoms with van der Waals surface area (Å²) in [4.78, 5) is 13.1. The maximum absolute atomic E-state index is 13.1. The molecule has 0 radical (unpaired) electrons. The third-order valence-electron chi connectivity index (χ3n) is 15.2. The van der Waals surface area contributed by atoms with E-state index in [1.54, 1.807) is 6.08 Å². The van der Waals surface area contributed by atoms with Gasteiger partial charge in [0, 0.05) is 6.42 Å². The number of hydrogen-bond acceptors (Lipinski definition) is 8. The van der Waals surface area contributed by atoms with Crippen molar-refractivity contribution in [3.8, 4) is 0 Å². The molecule has 1 heterocycles. The normalized spacial score (nSPS) is 19.2. The molecule has 0 saturated carbocycles. The van der Waals surface area contributed by atoms with Gasteiger partial charge < -0.3 is 40.3 Å². The zero-order valence-electron chi connectivity index (χ0n) is 47.9. The van der Waals surface area contributed by atoms with E-state index in [-0.39, 0.29) is 12.5 Å². The highest BCUT2D eigenvalue weighted by Crippen LogP contribution is 2.23. The van der Waals surface area contributed by atoms with E-state index in [0.29, 0.717) is 6.42 Å². The van der Waals surface area contributed by atoms with Crippen molar-refractivity contribution in [2.45, 2.75) is 352 Å². The molecular formula is C64H121NO8. The van der Waals surface area contributed by atoms with Crippen molar-refractivity contribution in [2.75, 3.05) is 13.2 Å². The Morgan fingerprint density at radius 1 is 0.466 bits per heavy atom. The molecule has 430 valence electrons. The number of carbonyl (C=O) groups excluding carboxylic acids is 1. The van der Waals surface area contributed by atoms with E-state index >= 15 is 0 Å². The molecule has 1 saturated heterocycles. The minimum Gasteiger partial charge on any atom is -0.394 e. The first-order valence-corrected chi connectivity index (χ1v) is 31.7. The van der Waals surface area contributed by atoms with E-state index in [0.717, 1.165) is 44.9 Å². The molecule has 1 fully saturated rings. The molecular weight excluding hydrogens is 911 g/mol. The van der Waals surface area contributed by atoms with Gasteiger partial charge in [-0.2, -0.15) is 0 Å². The highest BCUT2D eigenvalue weighted by molar-refractivity contribution is 5.76. The number of hydrogen-bond donors (Lipinski definition) is 6. The average molecular weight is 1030 g/mol. The summed E-state index contributed by atoms with van der Waals surface area (Å²) in [6.45, 7) is 3.81. The number of ether oxygens (including phenoxy) is 2. The van der Waals surface area contributed by atoms with Crippen molar-refractivity contribution in [3.63, 3.8) is 0 Å². The Morgan fingerprint density at radius 3 is 1.18 bits per heavy atom. The molecule has 0 aromatic carbocycles. The lowest BCUT2D eigenvalue weighted by Gasteiger charge is -2.40. The molecule has 0 aromatic heterocycles. The van der Waals surface area contributed by atoms with Crippen molar-refractivity contribution >= 4 is 5.91 Å². The van der Waals surface area contributed by atoms with Crippen LogP contribution in [0.3, 0.4) is 0 Å². The molecule has 0 aliphatic carbocycles. The molecule has 1 amide bonds. The summed E-state index contributed by atoms with van der Waals surface area (Å²) in [6, 6.07) is -0.804. The Bertz CT molecular complexity index is 1240. The molecule has 1 rings (SSSR count). The summed E-state index contributed by atoms with van der Waals surface area (Å²) >= 11 is 0. The fourth-order valence-electron chi connectivity index (χ4n) is 10.2. The van der Waals surface area contributed by atoms with Gasteiger partial charge in [-0.15, -0.1) is 0 Å². The first-order chi connectivity index (χ1) is 35.8. The van der Waals surface area contributed by atoms with Crippen LogP contribution in [0.2, 0.25) is 0 Å². The third-order valence-corrected chi connectivity index (χ3v) is 15.2. The molecule has 9 heteroatoms. The van der Waals surface area contributed by atoms with Crippen molar-refractivity contribution in [1.82, 2.24) is 5.32 Å². The third kappa shape index (κ3) is 43.1. The first kappa shape index (κ1) is 69.4. The van der Waals surface area contributed by atoms with E-state index in [1.807, 2.05) is 6.08 Å². The largest absolute Gasteiger partial charge is 0.394 e. The minimum absolute atomic E-state index is 0.172. The number of unbranched alkanes of at least 4 members (excludes halogenated alkanes) is 41. The summed E-state index contributed by atoms with van der Waals surface area (Å²) in [6.07, 6.45) is 63.6. The van der Waals surface area contributed by atoms with Crippen LogP contribution in [0.25, 0.3) is 0 Å². The fourth-order valence-corrected chi connectivity index (χ4v) is 10.2. The number of aliphatic hydroxyl groups is 5. The van der Waals surface area contributed by atoms with Crippen LogP contribution in [0.15, 0.2) is 36.5 Å². The zero-order valence-corrected chi connectivity index (χ0v) is 47.9. The van der Waals surface area contributed by atoms with Crippen LogP contribution in [0.1, 0.15) is 309 Å². The van der Waals surface area contributed by atoms with Crippen molar-refractivity contribution < 1.29 is 39.8 Å². The van der Waals surface area contributed by atoms with Crippen LogP contribution < -0.4 is 5.32 Å². The number of allylic oxidation sites excluding steroid dienone is 5. The molecule has 6 N–H and O–H groups in total. The second kappa shape index (κ2) is 53.8. The number of rotatable bonds is 55. The minimum atomic E-state index is -1.57. The average Bonchev–Trinajstić information content (AvgIpc) is 3.39. The quantitative estimate of drug-likeness (QED) is 0.0261. The van der Waals surface area contributed by atoms with Gasteiger partial charge in [0.25, 0.3) is 0 Å². The summed E-state index contributed by atoms with van der Waals surface area (Å²) in [5.41, 5.74) is 0. The molecule has 9 nitrogen and oxygen atoms in total. The molecule has 1 aliphatic rings. The van der Waals surface area contributed by atoms with Gasteiger partial charge in [-0.25, -0.2) is 0 Å². The Balaban J connectivity index is 2.16. The lowest BCUT2D eigenvalue weighted by molar-refractivity contribution is -0.302. The Kier molecular flexibility index (Phi) is 51.2. The van der Waals surface area contributed by atoms with Gasteiger partial charge >= 0.3 is 0 Å². The maximum atomic E-state index is 13.1. The molecule has 7 unspecified atom stereocenters. The van der Waals surface area contributed by atoms with Gasteiger partial charge in [0.05, 0.1) is 25.4 Å². The number of nitrogens with one attached hydrogen (secondary N) is 1. The molecule has 7 atom stereocenters. The molecule has 0 bridgehead atoms. The van der Waals surface area contributed by atoms with Crippen LogP contribution in [0, 0.1) is 0 Å². The smallest absolute Gasteiger partial charge is 0.220 e. The predicted octanol–water partition coefficient (Wildman–Crippen LogP) is 16.3. The van der Waals surface area contributed by atoms with E-state index in [1.165, 1.54) is 244 Å². The van der Waals surface area contributed by atoms with E-state index in [9.17, 15) is 30.3 Å². The second-order valence-electron chi connectivity index (χ2n) is 22.2. The van der Waals surface area contributed by atoms with Gasteiger partial charge in [-0.05, 0) is 51.4 Å². The monoisotopic (exact) mass is 1030 g/mol. The molecule has 0 aromatic rings. The Labute approximate surface area is 451 Å². The summed E-state index contributed by atoms with van der Waals surface area (Å²) in [5, 5.41) is 54.6. The Morgan fingerprint density at radius 2 is 0.808 bits per heavy atom. The summed E-state index contributed by atoms with van der Waals surface area (Å²) < 4.78 is 11.3. The van der Waals surface area contributed by atoms with Crippen LogP contribution in [-0.2, 0) is 14.3 Å². The van der Waals surface area contributed by atoms with Crippen LogP contribution in [0.5, 0.6) is 0 Å². The van der Waals surface area contributed by atoms with E-state index in [2.05, 4.69) is 43.5 Å². The lowest BCUT2D eigenvalue weighted by atomic mass is 9.99. The molecule has 0 spiro atoms. The topological polar surface area (TPSA) is 149 Å². The van der Waals surface area contributed by atoms with Crippen LogP contribution in [-0.4, -0.2) is 87.5 Å². The number of aliphatic hydroxyl groups excluding tert-OH is 5. The van der Waals surface area contributed by atoms with Gasteiger partial charge in [0.2, 0.25) is 5.91 Å². The highest BCUT2D eigenvalue weighted by Gasteiger charge is 2.44. The standard InChI is InChI=1S/C64H121NO8/c1-3-5-7-9-11-13-15-17-19-21-23-25-26-27-28-29-30-31-32-34-36-38-40-42-44-46-48-50-52-54-60(68)65-57(56-72-64-63(71)62(70)61(69)59(55-66)73-64)58(67)53-51-49-47-45-43-41-39-37-35-33-24-22-20-18-16-14-12-10-8-6-4-2/h15,17,21,23,51,53,57-59,61-64,66-67,69-71H,3-14,16,18-20,22,24-50,52,54-56H2,1-2H3,(H,65,68)/b17-15-,23-21-,53-51+. The van der Waals surface area contributed by atoms with E-state index in [4.69, 9.17) is 9.47 Å². The van der Waals surface area contributed by atoms with Gasteiger partial charge in [0.15, 0.2) is 6.29 Å². The highest BCUT2D eigenvalue weighted by atomic mass is 16.7. The molecule has 1 aliphatic heterocycles. The van der Waals surface area contributed by atoms with Gasteiger partial charge in [-0.3, -0.25) is 4.79 Å².